The van der Waals surface area contributed by atoms with Crippen LogP contribution in [0.25, 0.3) is 0 Å². The first kappa shape index (κ1) is 24.9. The van der Waals surface area contributed by atoms with Crippen LogP contribution in [-0.2, 0) is 14.8 Å². The molecular weight excluding hydrogens is 442 g/mol. The van der Waals surface area contributed by atoms with E-state index in [1.807, 2.05) is 19.1 Å². The SMILES string of the molecule is Cc1cc(C)c(S(=O)(=O)N(CC(=O)Nc2cc([N+](=O)[O-])ccc2C)C2CCCCC2)c(C)c1. The maximum Gasteiger partial charge on any atom is 0.271 e. The summed E-state index contributed by atoms with van der Waals surface area (Å²) in [6.07, 6.45) is 4.27. The molecule has 0 aromatic heterocycles. The van der Waals surface area contributed by atoms with Crippen LogP contribution in [-0.4, -0.2) is 36.1 Å². The Balaban J connectivity index is 1.95. The lowest BCUT2D eigenvalue weighted by Gasteiger charge is -2.33. The Morgan fingerprint density at radius 1 is 1.03 bits per heavy atom. The predicted octanol–water partition coefficient (Wildman–Crippen LogP) is 4.79. The summed E-state index contributed by atoms with van der Waals surface area (Å²) in [6, 6.07) is 7.63. The number of hydrogen-bond acceptors (Lipinski definition) is 5. The molecule has 3 rings (SSSR count). The zero-order chi connectivity index (χ0) is 24.3. The number of sulfonamides is 1. The van der Waals surface area contributed by atoms with Gasteiger partial charge in [0.2, 0.25) is 15.9 Å². The van der Waals surface area contributed by atoms with Crippen molar-refractivity contribution >= 4 is 27.3 Å². The van der Waals surface area contributed by atoms with Crippen LogP contribution in [0.5, 0.6) is 0 Å². The topological polar surface area (TPSA) is 110 Å². The van der Waals surface area contributed by atoms with Gasteiger partial charge in [-0.3, -0.25) is 14.9 Å². The van der Waals surface area contributed by atoms with Gasteiger partial charge in [-0.25, -0.2) is 8.42 Å². The zero-order valence-corrected chi connectivity index (χ0v) is 20.4. The predicted molar refractivity (Wildman–Crippen MR) is 128 cm³/mol. The average molecular weight is 474 g/mol. The molecule has 1 N–H and O–H groups in total. The van der Waals surface area contributed by atoms with Gasteiger partial charge in [-0.1, -0.05) is 43.0 Å². The van der Waals surface area contributed by atoms with Crippen LogP contribution < -0.4 is 5.32 Å². The lowest BCUT2D eigenvalue weighted by atomic mass is 9.95. The van der Waals surface area contributed by atoms with Crippen LogP contribution >= 0.6 is 0 Å². The summed E-state index contributed by atoms with van der Waals surface area (Å²) < 4.78 is 29.0. The lowest BCUT2D eigenvalue weighted by Crippen LogP contribution is -2.46. The fourth-order valence-corrected chi connectivity index (χ4v) is 6.72. The molecule has 0 radical (unpaired) electrons. The Morgan fingerprint density at radius 2 is 1.64 bits per heavy atom. The fraction of sp³-hybridized carbons (Fsp3) is 0.458. The molecule has 1 saturated carbocycles. The van der Waals surface area contributed by atoms with Crippen LogP contribution in [0.2, 0.25) is 0 Å². The maximum absolute atomic E-state index is 13.8. The van der Waals surface area contributed by atoms with Gasteiger partial charge < -0.3 is 5.32 Å². The monoisotopic (exact) mass is 473 g/mol. The minimum absolute atomic E-state index is 0.140. The van der Waals surface area contributed by atoms with Gasteiger partial charge in [-0.15, -0.1) is 0 Å². The Labute approximate surface area is 195 Å². The highest BCUT2D eigenvalue weighted by Gasteiger charge is 2.35. The summed E-state index contributed by atoms with van der Waals surface area (Å²) in [5.41, 5.74) is 3.11. The minimum atomic E-state index is -3.93. The molecule has 2 aromatic carbocycles. The van der Waals surface area contributed by atoms with E-state index < -0.39 is 20.9 Å². The largest absolute Gasteiger partial charge is 0.324 e. The number of nitro benzene ring substituents is 1. The number of carbonyl (C=O) groups is 1. The molecular formula is C24H31N3O5S. The standard InChI is InChI=1S/C24H31N3O5S/c1-16-12-18(3)24(19(4)13-16)33(31,32)26(20-8-6-5-7-9-20)15-23(28)25-22-14-21(27(29)30)11-10-17(22)2/h10-14,20H,5-9,15H2,1-4H3,(H,25,28). The van der Waals surface area contributed by atoms with E-state index in [1.165, 1.54) is 16.4 Å². The van der Waals surface area contributed by atoms with E-state index in [1.54, 1.807) is 26.8 Å². The number of nitrogens with zero attached hydrogens (tertiary/aromatic N) is 2. The van der Waals surface area contributed by atoms with Crippen LogP contribution in [0.15, 0.2) is 35.2 Å². The van der Waals surface area contributed by atoms with E-state index in [4.69, 9.17) is 0 Å². The van der Waals surface area contributed by atoms with Gasteiger partial charge in [0.25, 0.3) is 5.69 Å². The summed E-state index contributed by atoms with van der Waals surface area (Å²) >= 11 is 0. The highest BCUT2D eigenvalue weighted by molar-refractivity contribution is 7.89. The number of rotatable bonds is 7. The van der Waals surface area contributed by atoms with Crippen LogP contribution in [0.4, 0.5) is 11.4 Å². The number of anilines is 1. The normalized spacial score (nSPS) is 14.9. The van der Waals surface area contributed by atoms with Crippen molar-refractivity contribution in [2.45, 2.75) is 70.7 Å². The molecule has 1 amide bonds. The van der Waals surface area contributed by atoms with Gasteiger partial charge in [0.05, 0.1) is 22.1 Å². The second-order valence-electron chi connectivity index (χ2n) is 8.87. The molecule has 0 atom stereocenters. The maximum atomic E-state index is 13.8. The number of non-ortho nitro benzene ring substituents is 1. The molecule has 0 heterocycles. The number of hydrogen-bond donors (Lipinski definition) is 1. The average Bonchev–Trinajstić information content (AvgIpc) is 2.73. The molecule has 178 valence electrons. The van der Waals surface area contributed by atoms with Gasteiger partial charge in [-0.2, -0.15) is 4.31 Å². The Bertz CT molecular complexity index is 1150. The molecule has 9 heteroatoms. The smallest absolute Gasteiger partial charge is 0.271 e. The van der Waals surface area contributed by atoms with E-state index in [0.29, 0.717) is 35.2 Å². The summed E-state index contributed by atoms with van der Waals surface area (Å²) in [6.45, 7) is 6.86. The minimum Gasteiger partial charge on any atom is -0.324 e. The first-order valence-electron chi connectivity index (χ1n) is 11.2. The van der Waals surface area contributed by atoms with Gasteiger partial charge in [0, 0.05) is 18.2 Å². The first-order chi connectivity index (χ1) is 15.5. The number of aryl methyl sites for hydroxylation is 4. The van der Waals surface area contributed by atoms with Gasteiger partial charge in [0.1, 0.15) is 0 Å². The molecule has 8 nitrogen and oxygen atoms in total. The summed E-state index contributed by atoms with van der Waals surface area (Å²) in [4.78, 5) is 23.8. The highest BCUT2D eigenvalue weighted by Crippen LogP contribution is 2.31. The molecule has 0 aliphatic heterocycles. The second kappa shape index (κ2) is 10.0. The van der Waals surface area contributed by atoms with Crippen molar-refractivity contribution in [3.8, 4) is 0 Å². The lowest BCUT2D eigenvalue weighted by molar-refractivity contribution is -0.384. The van der Waals surface area contributed by atoms with Crippen molar-refractivity contribution < 1.29 is 18.1 Å². The molecule has 0 spiro atoms. The van der Waals surface area contributed by atoms with E-state index in [2.05, 4.69) is 5.32 Å². The third kappa shape index (κ3) is 5.59. The van der Waals surface area contributed by atoms with Crippen molar-refractivity contribution in [2.75, 3.05) is 11.9 Å². The number of nitro groups is 1. The third-order valence-electron chi connectivity index (χ3n) is 6.16. The summed E-state index contributed by atoms with van der Waals surface area (Å²) in [5, 5.41) is 13.8. The van der Waals surface area contributed by atoms with E-state index >= 15 is 0 Å². The number of nitrogens with one attached hydrogen (secondary N) is 1. The van der Waals surface area contributed by atoms with E-state index in [9.17, 15) is 23.3 Å². The first-order valence-corrected chi connectivity index (χ1v) is 12.6. The third-order valence-corrected chi connectivity index (χ3v) is 8.36. The van der Waals surface area contributed by atoms with E-state index in [-0.39, 0.29) is 23.2 Å². The van der Waals surface area contributed by atoms with Crippen molar-refractivity contribution in [1.82, 2.24) is 4.31 Å². The highest BCUT2D eigenvalue weighted by atomic mass is 32.2. The molecule has 0 unspecified atom stereocenters. The zero-order valence-electron chi connectivity index (χ0n) is 19.6. The quantitative estimate of drug-likeness (QED) is 0.459. The van der Waals surface area contributed by atoms with Crippen molar-refractivity contribution in [3.05, 3.63) is 62.7 Å². The molecule has 33 heavy (non-hydrogen) atoms. The Kier molecular flexibility index (Phi) is 7.54. The van der Waals surface area contributed by atoms with Crippen LogP contribution in [0, 0.1) is 37.8 Å². The van der Waals surface area contributed by atoms with Gasteiger partial charge in [-0.05, 0) is 57.2 Å². The van der Waals surface area contributed by atoms with E-state index in [0.717, 1.165) is 24.8 Å². The number of amides is 1. The van der Waals surface area contributed by atoms with Crippen molar-refractivity contribution in [2.24, 2.45) is 0 Å². The summed E-state index contributed by atoms with van der Waals surface area (Å²) in [7, 11) is -3.93. The van der Waals surface area contributed by atoms with Crippen molar-refractivity contribution in [3.63, 3.8) is 0 Å². The Hall–Kier alpha value is -2.78. The Morgan fingerprint density at radius 3 is 2.21 bits per heavy atom. The molecule has 1 aliphatic carbocycles. The number of benzene rings is 2. The molecule has 0 saturated heterocycles. The van der Waals surface area contributed by atoms with Crippen LogP contribution in [0.1, 0.15) is 54.4 Å². The number of carbonyl (C=O) groups excluding carboxylic acids is 1. The molecule has 1 fully saturated rings. The van der Waals surface area contributed by atoms with Crippen LogP contribution in [0.3, 0.4) is 0 Å². The molecule has 2 aromatic rings. The molecule has 1 aliphatic rings. The van der Waals surface area contributed by atoms with Crippen molar-refractivity contribution in [1.29, 1.82) is 0 Å². The van der Waals surface area contributed by atoms with Gasteiger partial charge in [0.15, 0.2) is 0 Å². The second-order valence-corrected chi connectivity index (χ2v) is 10.7. The summed E-state index contributed by atoms with van der Waals surface area (Å²) in [5.74, 6) is -0.518. The van der Waals surface area contributed by atoms with Gasteiger partial charge >= 0.3 is 0 Å². The molecule has 0 bridgehead atoms. The fourth-order valence-electron chi connectivity index (χ4n) is 4.66.